The number of carbonyl (C=O) groups is 2. The molecule has 10 nitrogen and oxygen atoms in total. The van der Waals surface area contributed by atoms with Gasteiger partial charge in [-0.2, -0.15) is 0 Å². The first-order valence-corrected chi connectivity index (χ1v) is 15.0. The summed E-state index contributed by atoms with van der Waals surface area (Å²) in [5, 5.41) is 0. The monoisotopic (exact) mass is 616 g/mol. The summed E-state index contributed by atoms with van der Waals surface area (Å²) in [6, 6.07) is 15.0. The van der Waals surface area contributed by atoms with Gasteiger partial charge in [0.15, 0.2) is 16.3 Å². The molecule has 0 aliphatic carbocycles. The molecule has 0 unspecified atom stereocenters. The number of fused-ring (bicyclic) bond motifs is 1. The molecule has 2 aromatic carbocycles. The molecule has 44 heavy (non-hydrogen) atoms. The molecule has 11 heteroatoms. The largest absolute Gasteiger partial charge is 0.490 e. The second-order valence-electron chi connectivity index (χ2n) is 9.65. The number of ether oxygens (including phenoxy) is 4. The second-order valence-corrected chi connectivity index (χ2v) is 10.7. The topological polar surface area (TPSA) is 119 Å². The third-order valence-electron chi connectivity index (χ3n) is 6.87. The molecule has 4 aromatic rings. The summed E-state index contributed by atoms with van der Waals surface area (Å²) in [6.07, 6.45) is 1.64. The van der Waals surface area contributed by atoms with Crippen molar-refractivity contribution >= 4 is 29.4 Å². The van der Waals surface area contributed by atoms with Crippen LogP contribution in [0.4, 0.5) is 0 Å². The van der Waals surface area contributed by atoms with Crippen molar-refractivity contribution in [3.05, 3.63) is 102 Å². The SMILES string of the molecule is CCOC(=O)C1=C(C)N=c2s/c(=C\c3ccc(-c4cccc(C(=O)OC)c4)o3)c(=O)n2[C@@H]1c1ccc(OCC)c(OCC)c1. The Morgan fingerprint density at radius 3 is 2.48 bits per heavy atom. The summed E-state index contributed by atoms with van der Waals surface area (Å²) >= 11 is 1.19. The van der Waals surface area contributed by atoms with E-state index in [4.69, 9.17) is 23.4 Å². The standard InChI is InChI=1S/C33H32N2O8S/c1-6-40-25-14-12-21(17-26(25)41-7-2)29-28(32(38)42-8-3)19(4)34-33-35(29)30(36)27(44-33)18-23-13-15-24(43-23)20-10-9-11-22(16-20)31(37)39-5/h9-18,29H,6-8H2,1-5H3/b27-18-/t29-/m1/s1. The maximum atomic E-state index is 14.0. The molecule has 3 heterocycles. The number of aromatic nitrogens is 1. The number of rotatable bonds is 10. The molecule has 228 valence electrons. The first-order chi connectivity index (χ1) is 21.3. The smallest absolute Gasteiger partial charge is 0.338 e. The Morgan fingerprint density at radius 2 is 1.75 bits per heavy atom. The Labute approximate surface area is 257 Å². The number of carbonyl (C=O) groups excluding carboxylic acids is 2. The summed E-state index contributed by atoms with van der Waals surface area (Å²) in [5.41, 5.74) is 2.11. The zero-order valence-corrected chi connectivity index (χ0v) is 25.9. The number of hydrogen-bond donors (Lipinski definition) is 0. The van der Waals surface area contributed by atoms with E-state index in [1.165, 1.54) is 23.0 Å². The van der Waals surface area contributed by atoms with Gasteiger partial charge in [-0.15, -0.1) is 0 Å². The number of benzene rings is 2. The number of nitrogens with zero attached hydrogens (tertiary/aromatic N) is 2. The molecule has 0 saturated carbocycles. The van der Waals surface area contributed by atoms with Crippen LogP contribution in [0.2, 0.25) is 0 Å². The lowest BCUT2D eigenvalue weighted by atomic mass is 9.95. The van der Waals surface area contributed by atoms with Gasteiger partial charge in [-0.05, 0) is 69.7 Å². The molecule has 1 aliphatic rings. The van der Waals surface area contributed by atoms with Gasteiger partial charge in [0.1, 0.15) is 11.5 Å². The highest BCUT2D eigenvalue weighted by molar-refractivity contribution is 7.07. The molecule has 2 aromatic heterocycles. The van der Waals surface area contributed by atoms with Crippen molar-refractivity contribution in [1.82, 2.24) is 4.57 Å². The molecule has 0 bridgehead atoms. The van der Waals surface area contributed by atoms with Gasteiger partial charge >= 0.3 is 11.9 Å². The minimum absolute atomic E-state index is 0.170. The fourth-order valence-electron chi connectivity index (χ4n) is 4.98. The van der Waals surface area contributed by atoms with Crippen molar-refractivity contribution in [2.75, 3.05) is 26.9 Å². The van der Waals surface area contributed by atoms with E-state index in [1.54, 1.807) is 62.4 Å². The molecular formula is C33H32N2O8S. The minimum Gasteiger partial charge on any atom is -0.490 e. The van der Waals surface area contributed by atoms with Crippen LogP contribution < -0.4 is 24.4 Å². The summed E-state index contributed by atoms with van der Waals surface area (Å²) in [6.45, 7) is 8.24. The molecule has 0 saturated heterocycles. The van der Waals surface area contributed by atoms with Crippen LogP contribution in [-0.2, 0) is 14.3 Å². The second kappa shape index (κ2) is 13.2. The van der Waals surface area contributed by atoms with Gasteiger partial charge in [0.2, 0.25) is 0 Å². The van der Waals surface area contributed by atoms with Crippen LogP contribution >= 0.6 is 11.3 Å². The van der Waals surface area contributed by atoms with E-state index in [-0.39, 0.29) is 17.7 Å². The van der Waals surface area contributed by atoms with Crippen LogP contribution in [0.3, 0.4) is 0 Å². The molecule has 1 aliphatic heterocycles. The lowest BCUT2D eigenvalue weighted by Crippen LogP contribution is -2.40. The Hall–Kier alpha value is -4.90. The fraction of sp³-hybridized carbons (Fsp3) is 0.273. The predicted molar refractivity (Wildman–Crippen MR) is 165 cm³/mol. The highest BCUT2D eigenvalue weighted by atomic mass is 32.1. The van der Waals surface area contributed by atoms with E-state index in [2.05, 4.69) is 4.99 Å². The maximum absolute atomic E-state index is 14.0. The van der Waals surface area contributed by atoms with Gasteiger partial charge < -0.3 is 23.4 Å². The van der Waals surface area contributed by atoms with Crippen LogP contribution in [-0.4, -0.2) is 43.4 Å². The van der Waals surface area contributed by atoms with Crippen LogP contribution in [0, 0.1) is 0 Å². The van der Waals surface area contributed by atoms with E-state index in [1.807, 2.05) is 26.0 Å². The highest BCUT2D eigenvalue weighted by Crippen LogP contribution is 2.36. The Kier molecular flexibility index (Phi) is 9.15. The van der Waals surface area contributed by atoms with Crippen molar-refractivity contribution in [2.24, 2.45) is 4.99 Å². The number of thiazole rings is 1. The van der Waals surface area contributed by atoms with Gasteiger partial charge in [-0.1, -0.05) is 29.5 Å². The molecule has 0 fully saturated rings. The quantitative estimate of drug-likeness (QED) is 0.237. The summed E-state index contributed by atoms with van der Waals surface area (Å²) < 4.78 is 29.7. The first-order valence-electron chi connectivity index (χ1n) is 14.2. The van der Waals surface area contributed by atoms with Gasteiger partial charge in [0.05, 0.1) is 54.3 Å². The molecule has 0 radical (unpaired) electrons. The molecule has 1 atom stereocenters. The number of allylic oxidation sites excluding steroid dienone is 1. The maximum Gasteiger partial charge on any atom is 0.338 e. The third-order valence-corrected chi connectivity index (χ3v) is 7.85. The van der Waals surface area contributed by atoms with Gasteiger partial charge in [0.25, 0.3) is 5.56 Å². The fourth-order valence-corrected chi connectivity index (χ4v) is 6.00. The van der Waals surface area contributed by atoms with E-state index in [9.17, 15) is 14.4 Å². The van der Waals surface area contributed by atoms with Crippen LogP contribution in [0.25, 0.3) is 17.4 Å². The van der Waals surface area contributed by atoms with Crippen molar-refractivity contribution < 1.29 is 33.0 Å². The number of methoxy groups -OCH3 is 1. The highest BCUT2D eigenvalue weighted by Gasteiger charge is 2.34. The third kappa shape index (κ3) is 5.96. The number of esters is 2. The number of hydrogen-bond acceptors (Lipinski definition) is 10. The number of furan rings is 1. The van der Waals surface area contributed by atoms with Gasteiger partial charge in [0, 0.05) is 11.6 Å². The summed E-state index contributed by atoms with van der Waals surface area (Å²) in [4.78, 5) is 44.3. The van der Waals surface area contributed by atoms with Crippen molar-refractivity contribution in [2.45, 2.75) is 33.7 Å². The van der Waals surface area contributed by atoms with Gasteiger partial charge in [-0.3, -0.25) is 9.36 Å². The Morgan fingerprint density at radius 1 is 0.977 bits per heavy atom. The normalized spacial score (nSPS) is 14.6. The van der Waals surface area contributed by atoms with Crippen LogP contribution in [0.1, 0.15) is 55.4 Å². The van der Waals surface area contributed by atoms with E-state index < -0.39 is 18.0 Å². The summed E-state index contributed by atoms with van der Waals surface area (Å²) in [5.74, 6) is 1.02. The average Bonchev–Trinajstić information content (AvgIpc) is 3.61. The molecule has 0 N–H and O–H groups in total. The minimum atomic E-state index is -0.810. The van der Waals surface area contributed by atoms with Crippen molar-refractivity contribution in [1.29, 1.82) is 0 Å². The first kappa shape index (κ1) is 30.6. The van der Waals surface area contributed by atoms with Crippen LogP contribution in [0.5, 0.6) is 11.5 Å². The zero-order chi connectivity index (χ0) is 31.4. The molecule has 0 amide bonds. The molecular weight excluding hydrogens is 584 g/mol. The molecule has 5 rings (SSSR count). The van der Waals surface area contributed by atoms with E-state index in [0.717, 1.165) is 0 Å². The molecule has 0 spiro atoms. The van der Waals surface area contributed by atoms with Crippen LogP contribution in [0.15, 0.2) is 80.1 Å². The summed E-state index contributed by atoms with van der Waals surface area (Å²) in [7, 11) is 1.32. The van der Waals surface area contributed by atoms with Gasteiger partial charge in [-0.25, -0.2) is 14.6 Å². The van der Waals surface area contributed by atoms with E-state index in [0.29, 0.717) is 68.0 Å². The van der Waals surface area contributed by atoms with Crippen molar-refractivity contribution in [3.63, 3.8) is 0 Å². The Bertz CT molecular complexity index is 1930. The average molecular weight is 617 g/mol. The lowest BCUT2D eigenvalue weighted by Gasteiger charge is -2.25. The predicted octanol–water partition coefficient (Wildman–Crippen LogP) is 4.64. The van der Waals surface area contributed by atoms with Crippen molar-refractivity contribution in [3.8, 4) is 22.8 Å². The van der Waals surface area contributed by atoms with E-state index >= 15 is 0 Å². The Balaban J connectivity index is 1.62. The lowest BCUT2D eigenvalue weighted by molar-refractivity contribution is -0.139. The zero-order valence-electron chi connectivity index (χ0n) is 25.0.